The number of anilines is 2. The third-order valence-corrected chi connectivity index (χ3v) is 7.98. The van der Waals surface area contributed by atoms with Crippen LogP contribution in [0.5, 0.6) is 17.2 Å². The Labute approximate surface area is 263 Å². The van der Waals surface area contributed by atoms with Gasteiger partial charge in [-0.3, -0.25) is 4.72 Å². The number of carbonyl (C=O) groups is 1. The van der Waals surface area contributed by atoms with Gasteiger partial charge in [0, 0.05) is 34.3 Å². The molecule has 42 heavy (non-hydrogen) atoms. The molecule has 0 spiro atoms. The third kappa shape index (κ3) is 8.78. The first-order valence-corrected chi connectivity index (χ1v) is 16.0. The Morgan fingerprint density at radius 3 is 2.36 bits per heavy atom. The summed E-state index contributed by atoms with van der Waals surface area (Å²) in [6.07, 6.45) is 1.12. The number of carboxylic acid groups (broad SMARTS) is 1. The molecule has 0 aliphatic heterocycles. The van der Waals surface area contributed by atoms with Crippen LogP contribution in [-0.4, -0.2) is 32.4 Å². The summed E-state index contributed by atoms with van der Waals surface area (Å²) in [5.41, 5.74) is 4.14. The first kappa shape index (κ1) is 31.5. The van der Waals surface area contributed by atoms with Gasteiger partial charge in [-0.25, -0.2) is 13.2 Å². The molecule has 0 radical (unpaired) electrons. The van der Waals surface area contributed by atoms with E-state index in [9.17, 15) is 13.2 Å². The monoisotopic (exact) mass is 692 g/mol. The van der Waals surface area contributed by atoms with Crippen molar-refractivity contribution >= 4 is 66.5 Å². The van der Waals surface area contributed by atoms with Gasteiger partial charge in [0.2, 0.25) is 10.0 Å². The minimum absolute atomic E-state index is 0.208. The molecule has 12 heteroatoms. The quantitative estimate of drug-likeness (QED) is 0.155. The Morgan fingerprint density at radius 2 is 1.69 bits per heavy atom. The molecule has 4 rings (SSSR count). The van der Waals surface area contributed by atoms with E-state index in [1.54, 1.807) is 18.2 Å². The van der Waals surface area contributed by atoms with Crippen molar-refractivity contribution in [1.82, 2.24) is 0 Å². The van der Waals surface area contributed by atoms with Crippen molar-refractivity contribution in [1.29, 1.82) is 0 Å². The molecule has 0 unspecified atom stereocenters. The molecule has 0 fully saturated rings. The number of hydrogen-bond donors (Lipinski definition) is 2. The molecule has 0 saturated heterocycles. The minimum Gasteiger partial charge on any atom is -0.480 e. The van der Waals surface area contributed by atoms with Gasteiger partial charge in [-0.15, -0.1) is 0 Å². The number of sulfonamides is 1. The van der Waals surface area contributed by atoms with Crippen LogP contribution in [-0.2, 0) is 27.9 Å². The summed E-state index contributed by atoms with van der Waals surface area (Å²) in [5, 5.41) is 9.76. The van der Waals surface area contributed by atoms with Crippen molar-refractivity contribution in [2.75, 3.05) is 22.5 Å². The molecule has 0 bridgehead atoms. The zero-order valence-corrected chi connectivity index (χ0v) is 26.5. The molecule has 2 N–H and O–H groups in total. The average molecular weight is 694 g/mol. The highest BCUT2D eigenvalue weighted by Crippen LogP contribution is 2.34. The van der Waals surface area contributed by atoms with Crippen molar-refractivity contribution in [3.8, 4) is 17.2 Å². The van der Waals surface area contributed by atoms with E-state index in [0.717, 1.165) is 33.1 Å². The molecule has 4 aromatic carbocycles. The summed E-state index contributed by atoms with van der Waals surface area (Å²) in [5.74, 6) is 0.0968. The molecule has 0 atom stereocenters. The third-order valence-electron chi connectivity index (χ3n) is 6.10. The van der Waals surface area contributed by atoms with Crippen LogP contribution in [0, 0.1) is 6.92 Å². The predicted molar refractivity (Wildman–Crippen MR) is 170 cm³/mol. The highest BCUT2D eigenvalue weighted by atomic mass is 79.9. The van der Waals surface area contributed by atoms with E-state index >= 15 is 0 Å². The van der Waals surface area contributed by atoms with Gasteiger partial charge in [0.05, 0.1) is 17.0 Å². The van der Waals surface area contributed by atoms with E-state index in [-0.39, 0.29) is 10.8 Å². The van der Waals surface area contributed by atoms with E-state index < -0.39 is 22.6 Å². The molecule has 8 nitrogen and oxygen atoms in total. The highest BCUT2D eigenvalue weighted by molar-refractivity contribution is 9.10. The minimum atomic E-state index is -3.46. The van der Waals surface area contributed by atoms with Crippen LogP contribution in [0.2, 0.25) is 10.0 Å². The summed E-state index contributed by atoms with van der Waals surface area (Å²) >= 11 is 15.9. The Balaban J connectivity index is 1.59. The van der Waals surface area contributed by atoms with Crippen LogP contribution in [0.15, 0.2) is 83.3 Å². The summed E-state index contributed by atoms with van der Waals surface area (Å²) in [6, 6.07) is 23.4. The van der Waals surface area contributed by atoms with E-state index in [1.165, 1.54) is 6.07 Å². The molecule has 0 aromatic heterocycles. The second kappa shape index (κ2) is 13.7. The number of rotatable bonds is 12. The molecule has 0 aliphatic carbocycles. The topological polar surface area (TPSA) is 105 Å². The van der Waals surface area contributed by atoms with Gasteiger partial charge >= 0.3 is 5.97 Å². The van der Waals surface area contributed by atoms with Gasteiger partial charge < -0.3 is 19.5 Å². The lowest BCUT2D eigenvalue weighted by Crippen LogP contribution is -2.24. The number of nitrogens with one attached hydrogen (secondary N) is 1. The summed E-state index contributed by atoms with van der Waals surface area (Å²) in [7, 11) is -3.46. The van der Waals surface area contributed by atoms with E-state index in [4.69, 9.17) is 37.8 Å². The largest absolute Gasteiger partial charge is 0.480 e. The first-order valence-electron chi connectivity index (χ1n) is 12.5. The van der Waals surface area contributed by atoms with Gasteiger partial charge in [-0.05, 0) is 72.1 Å². The van der Waals surface area contributed by atoms with Crippen molar-refractivity contribution < 1.29 is 27.8 Å². The number of aliphatic carboxylic acids is 1. The molecule has 0 aliphatic rings. The maximum atomic E-state index is 12.0. The van der Waals surface area contributed by atoms with Crippen molar-refractivity contribution in [2.24, 2.45) is 0 Å². The summed E-state index contributed by atoms with van der Waals surface area (Å²) in [6.45, 7) is 2.38. The first-order chi connectivity index (χ1) is 19.9. The number of carboxylic acids is 1. The molecule has 0 saturated carbocycles. The Kier molecular flexibility index (Phi) is 10.3. The SMILES string of the molecule is Cc1c(NS(C)(=O)=O)cccc1N(Cc1ccc(Oc2ccc(Cl)c(OCC(=O)O)c2)cc1)Cc1ccc(Cl)cc1Br. The van der Waals surface area contributed by atoms with Gasteiger partial charge in [0.1, 0.15) is 17.2 Å². The predicted octanol–water partition coefficient (Wildman–Crippen LogP) is 7.90. The zero-order chi connectivity index (χ0) is 30.4. The highest BCUT2D eigenvalue weighted by Gasteiger charge is 2.17. The maximum Gasteiger partial charge on any atom is 0.341 e. The Bertz CT molecular complexity index is 1700. The smallest absolute Gasteiger partial charge is 0.341 e. The summed E-state index contributed by atoms with van der Waals surface area (Å²) in [4.78, 5) is 13.0. The van der Waals surface area contributed by atoms with Crippen molar-refractivity contribution in [2.45, 2.75) is 20.0 Å². The van der Waals surface area contributed by atoms with Crippen LogP contribution < -0.4 is 19.1 Å². The number of benzene rings is 4. The maximum absolute atomic E-state index is 12.0. The van der Waals surface area contributed by atoms with E-state index in [0.29, 0.717) is 35.3 Å². The second-order valence-electron chi connectivity index (χ2n) is 9.44. The molecular formula is C30H27BrCl2N2O6S. The van der Waals surface area contributed by atoms with Crippen LogP contribution in [0.3, 0.4) is 0 Å². The number of nitrogens with zero attached hydrogens (tertiary/aromatic N) is 1. The molecule has 220 valence electrons. The van der Waals surface area contributed by atoms with Gasteiger partial charge in [0.15, 0.2) is 6.61 Å². The Hall–Kier alpha value is -3.44. The molecule has 0 amide bonds. The van der Waals surface area contributed by atoms with E-state index in [1.807, 2.05) is 61.5 Å². The van der Waals surface area contributed by atoms with Gasteiger partial charge in [-0.1, -0.05) is 63.4 Å². The fraction of sp³-hybridized carbons (Fsp3) is 0.167. The number of halogens is 3. The van der Waals surface area contributed by atoms with E-state index in [2.05, 4.69) is 25.6 Å². The van der Waals surface area contributed by atoms with Crippen LogP contribution in [0.25, 0.3) is 0 Å². The lowest BCUT2D eigenvalue weighted by Gasteiger charge is -2.28. The van der Waals surface area contributed by atoms with Crippen molar-refractivity contribution in [3.63, 3.8) is 0 Å². The second-order valence-corrected chi connectivity index (χ2v) is 12.9. The number of hydrogen-bond acceptors (Lipinski definition) is 6. The normalized spacial score (nSPS) is 11.2. The van der Waals surface area contributed by atoms with Gasteiger partial charge in [-0.2, -0.15) is 0 Å². The summed E-state index contributed by atoms with van der Waals surface area (Å²) < 4.78 is 38.5. The van der Waals surface area contributed by atoms with Crippen molar-refractivity contribution in [3.05, 3.63) is 110 Å². The molecular weight excluding hydrogens is 667 g/mol. The zero-order valence-electron chi connectivity index (χ0n) is 22.6. The van der Waals surface area contributed by atoms with Crippen LogP contribution in [0.4, 0.5) is 11.4 Å². The fourth-order valence-electron chi connectivity index (χ4n) is 4.17. The average Bonchev–Trinajstić information content (AvgIpc) is 2.91. The molecule has 4 aromatic rings. The fourth-order valence-corrected chi connectivity index (χ4v) is 5.78. The van der Waals surface area contributed by atoms with Gasteiger partial charge in [0.25, 0.3) is 0 Å². The molecule has 0 heterocycles. The lowest BCUT2D eigenvalue weighted by atomic mass is 10.1. The standard InChI is InChI=1S/C30H27BrCl2N2O6S/c1-19-27(34-42(2,38)39)4-3-5-28(19)35(17-21-8-9-22(32)14-25(21)31)16-20-6-10-23(11-7-20)41-24-12-13-26(33)29(15-24)40-18-30(36)37/h3-15,34H,16-18H2,1-2H3,(H,36,37). The van der Waals surface area contributed by atoms with Crippen LogP contribution >= 0.6 is 39.1 Å². The van der Waals surface area contributed by atoms with Crippen LogP contribution in [0.1, 0.15) is 16.7 Å². The number of ether oxygens (including phenoxy) is 2. The Morgan fingerprint density at radius 1 is 0.976 bits per heavy atom. The lowest BCUT2D eigenvalue weighted by molar-refractivity contribution is -0.139.